The molecule has 0 fully saturated rings. The Morgan fingerprint density at radius 1 is 1.71 bits per heavy atom. The second kappa shape index (κ2) is 3.69. The molecule has 0 spiro atoms. The van der Waals surface area contributed by atoms with Crippen LogP contribution in [0.3, 0.4) is 0 Å². The summed E-state index contributed by atoms with van der Waals surface area (Å²) in [6.45, 7) is -0.441. The molecule has 1 rings (SSSR count). The van der Waals surface area contributed by atoms with E-state index in [0.29, 0.717) is 0 Å². The van der Waals surface area contributed by atoms with E-state index in [1.807, 2.05) is 0 Å². The minimum atomic E-state index is -4.06. The molecule has 0 aliphatic rings. The van der Waals surface area contributed by atoms with Gasteiger partial charge in [0, 0.05) is 0 Å². The van der Waals surface area contributed by atoms with Gasteiger partial charge in [0.2, 0.25) is 0 Å². The molecule has 0 unspecified atom stereocenters. The topological polar surface area (TPSA) is 141 Å². The van der Waals surface area contributed by atoms with Crippen molar-refractivity contribution in [2.75, 3.05) is 0 Å². The molecule has 1 heterocycles. The molecule has 1 aromatic rings. The van der Waals surface area contributed by atoms with Gasteiger partial charge >= 0.3 is 16.1 Å². The first-order chi connectivity index (χ1) is 6.38. The zero-order valence-corrected chi connectivity index (χ0v) is 7.52. The summed E-state index contributed by atoms with van der Waals surface area (Å²) >= 11 is 0. The van der Waals surface area contributed by atoms with Crippen LogP contribution < -0.4 is 5.14 Å². The van der Waals surface area contributed by atoms with Crippen LogP contribution in [0.2, 0.25) is 0 Å². The lowest BCUT2D eigenvalue weighted by molar-refractivity contribution is -0.389. The van der Waals surface area contributed by atoms with E-state index in [4.69, 9.17) is 0 Å². The highest BCUT2D eigenvalue weighted by atomic mass is 32.2. The summed E-state index contributed by atoms with van der Waals surface area (Å²) in [5.74, 6) is -0.349. The fourth-order valence-corrected chi connectivity index (χ4v) is 0.946. The molecule has 0 saturated heterocycles. The van der Waals surface area contributed by atoms with Crippen molar-refractivity contribution < 1.29 is 17.5 Å². The van der Waals surface area contributed by atoms with Gasteiger partial charge in [-0.05, 0) is 4.92 Å². The average Bonchev–Trinajstić information content (AvgIpc) is 2.47. The number of rotatable bonds is 4. The van der Waals surface area contributed by atoms with Gasteiger partial charge in [-0.2, -0.15) is 8.42 Å². The van der Waals surface area contributed by atoms with Crippen molar-refractivity contribution in [2.45, 2.75) is 6.61 Å². The summed E-state index contributed by atoms with van der Waals surface area (Å²) in [5.41, 5.74) is 0.0747. The van der Waals surface area contributed by atoms with E-state index in [0.717, 1.165) is 6.07 Å². The largest absolute Gasteiger partial charge is 0.358 e. The molecule has 0 saturated carbocycles. The zero-order chi connectivity index (χ0) is 10.8. The first-order valence-electron chi connectivity index (χ1n) is 3.24. The molecule has 3 N–H and O–H groups in total. The third-order valence-corrected chi connectivity index (χ3v) is 1.63. The standard InChI is InChI=1S/C4H6N4O5S/c5-14(11,12)13-2-3-1-4(7-6-3)8(9)10/h1H,2H2,(H,6,7)(H2,5,11,12). The molecule has 0 radical (unpaired) electrons. The van der Waals surface area contributed by atoms with Crippen molar-refractivity contribution in [1.29, 1.82) is 0 Å². The normalized spacial score (nSPS) is 11.5. The predicted molar refractivity (Wildman–Crippen MR) is 43.1 cm³/mol. The third kappa shape index (κ3) is 3.08. The Labute approximate surface area is 78.3 Å². The fraction of sp³-hybridized carbons (Fsp3) is 0.250. The van der Waals surface area contributed by atoms with Gasteiger partial charge in [0.15, 0.2) is 0 Å². The van der Waals surface area contributed by atoms with Crippen LogP contribution in [0.25, 0.3) is 0 Å². The van der Waals surface area contributed by atoms with E-state index in [9.17, 15) is 18.5 Å². The summed E-state index contributed by atoms with van der Waals surface area (Å²) in [4.78, 5) is 9.47. The Hall–Kier alpha value is -1.52. The molecule has 1 aromatic heterocycles. The van der Waals surface area contributed by atoms with E-state index in [1.54, 1.807) is 0 Å². The lowest BCUT2D eigenvalue weighted by atomic mass is 10.4. The number of nitrogens with one attached hydrogen (secondary N) is 1. The number of aromatic nitrogens is 2. The molecule has 10 heteroatoms. The quantitative estimate of drug-likeness (QED) is 0.496. The number of nitrogens with zero attached hydrogens (tertiary/aromatic N) is 2. The lowest BCUT2D eigenvalue weighted by Gasteiger charge is -1.94. The Balaban J connectivity index is 2.65. The molecular weight excluding hydrogens is 216 g/mol. The maximum absolute atomic E-state index is 10.3. The van der Waals surface area contributed by atoms with Crippen LogP contribution >= 0.6 is 0 Å². The van der Waals surface area contributed by atoms with Gasteiger partial charge in [-0.1, -0.05) is 5.10 Å². The van der Waals surface area contributed by atoms with Crippen LogP contribution in [0, 0.1) is 10.1 Å². The van der Waals surface area contributed by atoms with Crippen LogP contribution in [-0.2, 0) is 21.1 Å². The monoisotopic (exact) mass is 222 g/mol. The molecular formula is C4H6N4O5S. The molecule has 0 aliphatic heterocycles. The second-order valence-electron chi connectivity index (χ2n) is 2.26. The smallest absolute Gasteiger partial charge is 0.342 e. The summed E-state index contributed by atoms with van der Waals surface area (Å²) in [5, 5.41) is 20.2. The van der Waals surface area contributed by atoms with Crippen LogP contribution in [0.1, 0.15) is 5.69 Å². The number of H-pyrrole nitrogens is 1. The van der Waals surface area contributed by atoms with Crippen molar-refractivity contribution in [3.8, 4) is 0 Å². The summed E-state index contributed by atoms with van der Waals surface area (Å²) in [6, 6.07) is 1.05. The van der Waals surface area contributed by atoms with Crippen molar-refractivity contribution in [2.24, 2.45) is 5.14 Å². The molecule has 9 nitrogen and oxygen atoms in total. The SMILES string of the molecule is NS(=O)(=O)OCc1cc([N+](=O)[O-])[nH]n1. The Kier molecular flexibility index (Phi) is 2.78. The predicted octanol–water partition coefficient (Wildman–Crippen LogP) is -0.962. The van der Waals surface area contributed by atoms with E-state index in [-0.39, 0.29) is 11.5 Å². The molecule has 0 atom stereocenters. The van der Waals surface area contributed by atoms with Crippen LogP contribution in [0.4, 0.5) is 5.82 Å². The van der Waals surface area contributed by atoms with Gasteiger partial charge in [0.25, 0.3) is 0 Å². The minimum absolute atomic E-state index is 0.0747. The Morgan fingerprint density at radius 2 is 2.36 bits per heavy atom. The van der Waals surface area contributed by atoms with Gasteiger partial charge in [0.1, 0.15) is 12.3 Å². The van der Waals surface area contributed by atoms with E-state index in [1.165, 1.54) is 0 Å². The minimum Gasteiger partial charge on any atom is -0.358 e. The third-order valence-electron chi connectivity index (χ3n) is 1.19. The van der Waals surface area contributed by atoms with Crippen LogP contribution in [0.15, 0.2) is 6.07 Å². The van der Waals surface area contributed by atoms with Gasteiger partial charge in [-0.3, -0.25) is 4.18 Å². The van der Waals surface area contributed by atoms with E-state index < -0.39 is 21.8 Å². The summed E-state index contributed by atoms with van der Waals surface area (Å²) < 4.78 is 24.8. The Morgan fingerprint density at radius 3 is 2.79 bits per heavy atom. The molecule has 0 aromatic carbocycles. The number of nitrogens with two attached hydrogens (primary N) is 1. The zero-order valence-electron chi connectivity index (χ0n) is 6.71. The van der Waals surface area contributed by atoms with Gasteiger partial charge in [-0.25, -0.2) is 5.14 Å². The van der Waals surface area contributed by atoms with Crippen molar-refractivity contribution in [1.82, 2.24) is 10.2 Å². The molecule has 0 aliphatic carbocycles. The summed E-state index contributed by atoms with van der Waals surface area (Å²) in [7, 11) is -4.06. The molecule has 0 amide bonds. The van der Waals surface area contributed by atoms with Gasteiger partial charge < -0.3 is 10.1 Å². The van der Waals surface area contributed by atoms with Crippen LogP contribution in [0.5, 0.6) is 0 Å². The van der Waals surface area contributed by atoms with Crippen LogP contribution in [-0.4, -0.2) is 23.5 Å². The fourth-order valence-electron chi connectivity index (χ4n) is 0.661. The first-order valence-corrected chi connectivity index (χ1v) is 4.71. The Bertz CT molecular complexity index is 436. The van der Waals surface area contributed by atoms with Gasteiger partial charge in [0.05, 0.1) is 6.07 Å². The second-order valence-corrected chi connectivity index (χ2v) is 3.48. The first kappa shape index (κ1) is 10.6. The van der Waals surface area contributed by atoms with Crippen molar-refractivity contribution >= 4 is 16.1 Å². The number of hydrogen-bond acceptors (Lipinski definition) is 6. The summed E-state index contributed by atoms with van der Waals surface area (Å²) in [6.07, 6.45) is 0. The number of hydrogen-bond donors (Lipinski definition) is 2. The molecule has 0 bridgehead atoms. The van der Waals surface area contributed by atoms with Gasteiger partial charge in [-0.15, -0.1) is 5.10 Å². The number of aromatic amines is 1. The van der Waals surface area contributed by atoms with E-state index >= 15 is 0 Å². The molecule has 14 heavy (non-hydrogen) atoms. The maximum atomic E-state index is 10.3. The van der Waals surface area contributed by atoms with Crippen molar-refractivity contribution in [3.05, 3.63) is 21.9 Å². The average molecular weight is 222 g/mol. The van der Waals surface area contributed by atoms with E-state index in [2.05, 4.69) is 19.5 Å². The highest BCUT2D eigenvalue weighted by molar-refractivity contribution is 7.84. The molecule has 78 valence electrons. The maximum Gasteiger partial charge on any atom is 0.342 e. The number of nitro groups is 1. The van der Waals surface area contributed by atoms with Crippen molar-refractivity contribution in [3.63, 3.8) is 0 Å². The highest BCUT2D eigenvalue weighted by Gasteiger charge is 2.11. The lowest BCUT2D eigenvalue weighted by Crippen LogP contribution is -2.15. The highest BCUT2D eigenvalue weighted by Crippen LogP contribution is 2.08.